The first-order valence-electron chi connectivity index (χ1n) is 12.3. The van der Waals surface area contributed by atoms with Crippen LogP contribution in [0, 0.1) is 0 Å². The zero-order chi connectivity index (χ0) is 26.6. The number of hydrogen-bond acceptors (Lipinski definition) is 5. The van der Waals surface area contributed by atoms with Crippen molar-refractivity contribution in [2.24, 2.45) is 5.73 Å². The molecule has 0 fully saturated rings. The molecule has 0 aromatic heterocycles. The highest BCUT2D eigenvalue weighted by atomic mass is 16.6. The van der Waals surface area contributed by atoms with Crippen LogP contribution in [-0.2, 0) is 19.1 Å². The summed E-state index contributed by atoms with van der Waals surface area (Å²) in [5.74, 6) is -1.38. The molecule has 0 aliphatic rings. The van der Waals surface area contributed by atoms with Crippen LogP contribution in [0.2, 0.25) is 0 Å². The fourth-order valence-corrected chi connectivity index (χ4v) is 3.56. The van der Waals surface area contributed by atoms with Gasteiger partial charge < -0.3 is 26.0 Å². The molecule has 0 saturated heterocycles. The van der Waals surface area contributed by atoms with Gasteiger partial charge in [0, 0.05) is 19.0 Å². The third kappa shape index (κ3) is 11.2. The van der Waals surface area contributed by atoms with E-state index in [1.165, 1.54) is 4.90 Å². The van der Waals surface area contributed by atoms with Crippen LogP contribution < -0.4 is 16.4 Å². The average molecular weight is 491 g/mol. The summed E-state index contributed by atoms with van der Waals surface area (Å²) in [4.78, 5) is 52.7. The van der Waals surface area contributed by atoms with Gasteiger partial charge in [-0.25, -0.2) is 4.79 Å². The van der Waals surface area contributed by atoms with Gasteiger partial charge in [0.25, 0.3) is 0 Å². The number of alkyl carbamates (subject to hydrolysis) is 1. The van der Waals surface area contributed by atoms with Crippen molar-refractivity contribution < 1.29 is 23.9 Å². The van der Waals surface area contributed by atoms with Crippen LogP contribution in [0.25, 0.3) is 0 Å². The highest BCUT2D eigenvalue weighted by Crippen LogP contribution is 2.24. The molecule has 1 rings (SSSR count). The summed E-state index contributed by atoms with van der Waals surface area (Å²) in [5.41, 5.74) is 5.21. The minimum atomic E-state index is -1.09. The van der Waals surface area contributed by atoms with E-state index in [0.29, 0.717) is 18.5 Å². The molecule has 0 heterocycles. The van der Waals surface area contributed by atoms with Crippen molar-refractivity contribution >= 4 is 23.8 Å². The molecule has 1 aromatic carbocycles. The Morgan fingerprint density at radius 3 is 2.17 bits per heavy atom. The van der Waals surface area contributed by atoms with Gasteiger partial charge in [0.15, 0.2) is 0 Å². The van der Waals surface area contributed by atoms with Gasteiger partial charge in [-0.05, 0) is 53.0 Å². The highest BCUT2D eigenvalue weighted by Gasteiger charge is 2.36. The Morgan fingerprint density at radius 1 is 1.03 bits per heavy atom. The van der Waals surface area contributed by atoms with Crippen LogP contribution in [0.15, 0.2) is 30.3 Å². The van der Waals surface area contributed by atoms with Crippen molar-refractivity contribution in [2.45, 2.75) is 97.4 Å². The van der Waals surface area contributed by atoms with Gasteiger partial charge in [0.05, 0.1) is 0 Å². The van der Waals surface area contributed by atoms with Gasteiger partial charge in [-0.15, -0.1) is 0 Å². The lowest BCUT2D eigenvalue weighted by molar-refractivity contribution is -0.143. The van der Waals surface area contributed by atoms with Gasteiger partial charge in [-0.3, -0.25) is 14.4 Å². The standard InChI is InChI=1S/C26H42N4O5/c1-7-8-12-17-30(22(23(32)28-18(2)3)19-13-10-9-11-14-19)24(33)20(15-16-21(27)31)29-25(34)35-26(4,5)6/h9-11,13-14,18,20,22H,7-8,12,15-17H2,1-6H3,(H2,27,31)(H,28,32)(H,29,34). The summed E-state index contributed by atoms with van der Waals surface area (Å²) >= 11 is 0. The number of amides is 4. The summed E-state index contributed by atoms with van der Waals surface area (Å²) < 4.78 is 5.33. The normalized spacial score (nSPS) is 13.0. The monoisotopic (exact) mass is 490 g/mol. The number of nitrogens with two attached hydrogens (primary N) is 1. The van der Waals surface area contributed by atoms with Crippen LogP contribution in [0.4, 0.5) is 4.79 Å². The van der Waals surface area contributed by atoms with Crippen LogP contribution >= 0.6 is 0 Å². The fraction of sp³-hybridized carbons (Fsp3) is 0.615. The maximum Gasteiger partial charge on any atom is 0.408 e. The number of carbonyl (C=O) groups excluding carboxylic acids is 4. The predicted molar refractivity (Wildman–Crippen MR) is 135 cm³/mol. The fourth-order valence-electron chi connectivity index (χ4n) is 3.56. The molecule has 9 heteroatoms. The first-order valence-corrected chi connectivity index (χ1v) is 12.3. The van der Waals surface area contributed by atoms with E-state index >= 15 is 0 Å². The van der Waals surface area contributed by atoms with Crippen molar-refractivity contribution in [3.05, 3.63) is 35.9 Å². The zero-order valence-electron chi connectivity index (χ0n) is 21.9. The molecule has 0 bridgehead atoms. The lowest BCUT2D eigenvalue weighted by Gasteiger charge is -2.35. The molecule has 0 aliphatic heterocycles. The summed E-state index contributed by atoms with van der Waals surface area (Å²) in [5, 5.41) is 5.50. The van der Waals surface area contributed by atoms with E-state index in [1.54, 1.807) is 32.9 Å². The third-order valence-corrected chi connectivity index (χ3v) is 5.06. The number of unbranched alkanes of at least 4 members (excludes halogenated alkanes) is 2. The number of benzene rings is 1. The number of ether oxygens (including phenoxy) is 1. The summed E-state index contributed by atoms with van der Waals surface area (Å²) in [6.07, 6.45) is 1.57. The molecule has 4 amide bonds. The van der Waals surface area contributed by atoms with Gasteiger partial charge in [-0.2, -0.15) is 0 Å². The van der Waals surface area contributed by atoms with Crippen LogP contribution in [0.3, 0.4) is 0 Å². The van der Waals surface area contributed by atoms with E-state index in [2.05, 4.69) is 10.6 Å². The molecular weight excluding hydrogens is 448 g/mol. The van der Waals surface area contributed by atoms with Crippen LogP contribution in [-0.4, -0.2) is 52.9 Å². The molecule has 0 radical (unpaired) electrons. The topological polar surface area (TPSA) is 131 Å². The largest absolute Gasteiger partial charge is 0.444 e. The quantitative estimate of drug-likeness (QED) is 0.365. The third-order valence-electron chi connectivity index (χ3n) is 5.06. The Bertz CT molecular complexity index is 836. The van der Waals surface area contributed by atoms with E-state index in [4.69, 9.17) is 10.5 Å². The van der Waals surface area contributed by atoms with E-state index < -0.39 is 35.6 Å². The number of nitrogens with one attached hydrogen (secondary N) is 2. The van der Waals surface area contributed by atoms with E-state index in [-0.39, 0.29) is 24.8 Å². The molecule has 4 N–H and O–H groups in total. The lowest BCUT2D eigenvalue weighted by Crippen LogP contribution is -2.54. The predicted octanol–water partition coefficient (Wildman–Crippen LogP) is 3.43. The van der Waals surface area contributed by atoms with Crippen molar-refractivity contribution in [1.82, 2.24) is 15.5 Å². The first-order chi connectivity index (χ1) is 16.4. The number of primary amides is 1. The molecule has 35 heavy (non-hydrogen) atoms. The minimum absolute atomic E-state index is 0.00893. The minimum Gasteiger partial charge on any atom is -0.444 e. The van der Waals surface area contributed by atoms with Crippen molar-refractivity contribution in [3.8, 4) is 0 Å². The maximum atomic E-state index is 13.9. The molecule has 0 aliphatic carbocycles. The number of rotatable bonds is 13. The Hall–Kier alpha value is -3.10. The van der Waals surface area contributed by atoms with Crippen LogP contribution in [0.1, 0.15) is 85.3 Å². The van der Waals surface area contributed by atoms with E-state index in [1.807, 2.05) is 39.0 Å². The van der Waals surface area contributed by atoms with Gasteiger partial charge in [0.2, 0.25) is 17.7 Å². The second-order valence-electron chi connectivity index (χ2n) is 9.92. The van der Waals surface area contributed by atoms with Crippen molar-refractivity contribution in [3.63, 3.8) is 0 Å². The summed E-state index contributed by atoms with van der Waals surface area (Å²) in [7, 11) is 0. The van der Waals surface area contributed by atoms with Gasteiger partial charge in [0.1, 0.15) is 17.7 Å². The van der Waals surface area contributed by atoms with Crippen molar-refractivity contribution in [2.75, 3.05) is 6.54 Å². The molecule has 0 spiro atoms. The summed E-state index contributed by atoms with van der Waals surface area (Å²) in [6.45, 7) is 11.2. The molecule has 0 saturated carbocycles. The first kappa shape index (κ1) is 29.9. The number of nitrogens with zero attached hydrogens (tertiary/aromatic N) is 1. The Labute approximate surface area is 209 Å². The Morgan fingerprint density at radius 2 is 1.66 bits per heavy atom. The number of carbonyl (C=O) groups is 4. The van der Waals surface area contributed by atoms with Gasteiger partial charge in [-0.1, -0.05) is 50.1 Å². The molecule has 2 atom stereocenters. The SMILES string of the molecule is CCCCCN(C(=O)C(CCC(N)=O)NC(=O)OC(C)(C)C)C(C(=O)NC(C)C)c1ccccc1. The lowest BCUT2D eigenvalue weighted by atomic mass is 10.0. The number of hydrogen-bond donors (Lipinski definition) is 3. The van der Waals surface area contributed by atoms with Crippen LogP contribution in [0.5, 0.6) is 0 Å². The Kier molecular flexibility index (Phi) is 12.3. The average Bonchev–Trinajstić information content (AvgIpc) is 2.74. The smallest absolute Gasteiger partial charge is 0.408 e. The highest BCUT2D eigenvalue weighted by molar-refractivity contribution is 5.92. The molecule has 1 aromatic rings. The second kappa shape index (κ2) is 14.3. The summed E-state index contributed by atoms with van der Waals surface area (Å²) in [6, 6.07) is 6.92. The molecule has 2 unspecified atom stereocenters. The molecular formula is C26H42N4O5. The van der Waals surface area contributed by atoms with Crippen molar-refractivity contribution in [1.29, 1.82) is 0 Å². The van der Waals surface area contributed by atoms with Gasteiger partial charge >= 0.3 is 6.09 Å². The van der Waals surface area contributed by atoms with E-state index in [9.17, 15) is 19.2 Å². The Balaban J connectivity index is 3.41. The molecule has 9 nitrogen and oxygen atoms in total. The zero-order valence-corrected chi connectivity index (χ0v) is 21.9. The van der Waals surface area contributed by atoms with E-state index in [0.717, 1.165) is 12.8 Å². The molecule has 196 valence electrons. The maximum absolute atomic E-state index is 13.9. The second-order valence-corrected chi connectivity index (χ2v) is 9.92.